The molecular formula is C15H18N2O4S. The van der Waals surface area contributed by atoms with Gasteiger partial charge in [-0.1, -0.05) is 12.8 Å². The average Bonchev–Trinajstić information content (AvgIpc) is 3.07. The second kappa shape index (κ2) is 5.72. The van der Waals surface area contributed by atoms with E-state index in [4.69, 9.17) is 0 Å². The summed E-state index contributed by atoms with van der Waals surface area (Å²) in [6.07, 6.45) is 4.29. The fourth-order valence-corrected chi connectivity index (χ4v) is 4.42. The highest BCUT2D eigenvalue weighted by atomic mass is 32.2. The molecule has 22 heavy (non-hydrogen) atoms. The summed E-state index contributed by atoms with van der Waals surface area (Å²) in [6.45, 7) is 0. The summed E-state index contributed by atoms with van der Waals surface area (Å²) < 4.78 is 24.5. The quantitative estimate of drug-likeness (QED) is 0.912. The molecule has 0 bridgehead atoms. The van der Waals surface area contributed by atoms with Gasteiger partial charge in [-0.05, 0) is 37.1 Å². The van der Waals surface area contributed by atoms with Crippen LogP contribution in [0, 0.1) is 0 Å². The van der Waals surface area contributed by atoms with E-state index in [1.807, 2.05) is 0 Å². The maximum atomic E-state index is 12.1. The van der Waals surface area contributed by atoms with E-state index in [2.05, 4.69) is 5.32 Å². The predicted molar refractivity (Wildman–Crippen MR) is 82.1 cm³/mol. The lowest BCUT2D eigenvalue weighted by molar-refractivity contribution is -0.116. The van der Waals surface area contributed by atoms with E-state index in [0.717, 1.165) is 30.0 Å². The van der Waals surface area contributed by atoms with Crippen molar-refractivity contribution in [1.29, 1.82) is 0 Å². The van der Waals surface area contributed by atoms with Crippen LogP contribution in [0.4, 0.5) is 5.69 Å². The highest BCUT2D eigenvalue weighted by Gasteiger charge is 2.36. The zero-order valence-corrected chi connectivity index (χ0v) is 12.9. The third-order valence-corrected chi connectivity index (χ3v) is 5.82. The molecule has 0 unspecified atom stereocenters. The lowest BCUT2D eigenvalue weighted by Gasteiger charge is -2.16. The summed E-state index contributed by atoms with van der Waals surface area (Å²) >= 11 is 0. The zero-order chi connectivity index (χ0) is 15.7. The highest BCUT2D eigenvalue weighted by Crippen LogP contribution is 2.25. The normalized spacial score (nSPS) is 21.3. The summed E-state index contributed by atoms with van der Waals surface area (Å²) in [7, 11) is -3.56. The van der Waals surface area contributed by atoms with Crippen LogP contribution in [0.3, 0.4) is 0 Å². The molecule has 0 aromatic heterocycles. The number of carbonyl (C=O) groups is 2. The first kappa shape index (κ1) is 15.0. The van der Waals surface area contributed by atoms with Crippen molar-refractivity contribution in [1.82, 2.24) is 5.32 Å². The molecule has 6 nitrogen and oxygen atoms in total. The van der Waals surface area contributed by atoms with E-state index in [9.17, 15) is 18.0 Å². The van der Waals surface area contributed by atoms with Gasteiger partial charge < -0.3 is 5.32 Å². The van der Waals surface area contributed by atoms with Gasteiger partial charge in [0.05, 0.1) is 11.4 Å². The van der Waals surface area contributed by atoms with Crippen molar-refractivity contribution in [2.75, 3.05) is 10.1 Å². The first-order valence-electron chi connectivity index (χ1n) is 7.44. The van der Waals surface area contributed by atoms with Crippen LogP contribution in [0.1, 0.15) is 42.5 Å². The SMILES string of the molecule is O=C(NC1CCCC1)c1ccc(N2C(=O)CCS2(=O)=O)cc1. The van der Waals surface area contributed by atoms with Crippen LogP contribution in [0.25, 0.3) is 0 Å². The van der Waals surface area contributed by atoms with Crippen LogP contribution in [0.2, 0.25) is 0 Å². The van der Waals surface area contributed by atoms with Crippen molar-refractivity contribution in [3.05, 3.63) is 29.8 Å². The van der Waals surface area contributed by atoms with Gasteiger partial charge in [0.2, 0.25) is 15.9 Å². The molecule has 1 aromatic rings. The van der Waals surface area contributed by atoms with Crippen molar-refractivity contribution in [3.8, 4) is 0 Å². The van der Waals surface area contributed by atoms with Gasteiger partial charge in [0.15, 0.2) is 0 Å². The van der Waals surface area contributed by atoms with Crippen LogP contribution < -0.4 is 9.62 Å². The van der Waals surface area contributed by atoms with Crippen molar-refractivity contribution in [3.63, 3.8) is 0 Å². The predicted octanol–water partition coefficient (Wildman–Crippen LogP) is 1.43. The number of rotatable bonds is 3. The number of hydrogen-bond donors (Lipinski definition) is 1. The molecule has 0 spiro atoms. The maximum Gasteiger partial charge on any atom is 0.251 e. The number of anilines is 1. The Bertz CT molecular complexity index is 691. The number of benzene rings is 1. The van der Waals surface area contributed by atoms with Crippen LogP contribution in [0.5, 0.6) is 0 Å². The first-order chi connectivity index (χ1) is 10.5. The fourth-order valence-electron chi connectivity index (χ4n) is 2.96. The molecule has 1 heterocycles. The molecule has 2 amide bonds. The number of amides is 2. The first-order valence-corrected chi connectivity index (χ1v) is 9.05. The highest BCUT2D eigenvalue weighted by molar-refractivity contribution is 7.94. The smallest absolute Gasteiger partial charge is 0.251 e. The number of nitrogens with one attached hydrogen (secondary N) is 1. The number of hydrogen-bond acceptors (Lipinski definition) is 4. The Hall–Kier alpha value is -1.89. The molecular weight excluding hydrogens is 304 g/mol. The molecule has 2 aliphatic rings. The molecule has 2 fully saturated rings. The van der Waals surface area contributed by atoms with Gasteiger partial charge in [0.25, 0.3) is 5.91 Å². The topological polar surface area (TPSA) is 83.6 Å². The van der Waals surface area contributed by atoms with E-state index in [0.29, 0.717) is 11.3 Å². The standard InChI is InChI=1S/C15H18N2O4S/c18-14-9-10-22(20,21)17(14)13-7-5-11(6-8-13)15(19)16-12-3-1-2-4-12/h5-8,12H,1-4,9-10H2,(H,16,19). The fraction of sp³-hybridized carbons (Fsp3) is 0.467. The van der Waals surface area contributed by atoms with Gasteiger partial charge in [-0.3, -0.25) is 9.59 Å². The summed E-state index contributed by atoms with van der Waals surface area (Å²) in [5, 5.41) is 2.97. The summed E-state index contributed by atoms with van der Waals surface area (Å²) in [5.41, 5.74) is 0.764. The van der Waals surface area contributed by atoms with Crippen molar-refractivity contribution in [2.24, 2.45) is 0 Å². The van der Waals surface area contributed by atoms with Crippen LogP contribution in [0.15, 0.2) is 24.3 Å². The van der Waals surface area contributed by atoms with E-state index in [1.54, 1.807) is 12.1 Å². The Kier molecular flexibility index (Phi) is 3.90. The average molecular weight is 322 g/mol. The molecule has 0 atom stereocenters. The molecule has 1 aliphatic carbocycles. The molecule has 1 aliphatic heterocycles. The maximum absolute atomic E-state index is 12.1. The lowest BCUT2D eigenvalue weighted by Crippen LogP contribution is -2.32. The van der Waals surface area contributed by atoms with E-state index in [-0.39, 0.29) is 24.1 Å². The minimum absolute atomic E-state index is 0.00620. The molecule has 1 saturated heterocycles. The molecule has 0 radical (unpaired) electrons. The number of sulfonamides is 1. The van der Waals surface area contributed by atoms with Gasteiger partial charge >= 0.3 is 0 Å². The minimum atomic E-state index is -3.56. The van der Waals surface area contributed by atoms with Crippen molar-refractivity contribution >= 4 is 27.5 Å². The second-order valence-electron chi connectivity index (χ2n) is 5.73. The molecule has 1 N–H and O–H groups in total. The molecule has 1 aromatic carbocycles. The summed E-state index contributed by atoms with van der Waals surface area (Å²) in [5.74, 6) is -0.743. The van der Waals surface area contributed by atoms with Gasteiger partial charge in [0, 0.05) is 18.0 Å². The van der Waals surface area contributed by atoms with Gasteiger partial charge in [-0.2, -0.15) is 0 Å². The van der Waals surface area contributed by atoms with Crippen LogP contribution in [-0.4, -0.2) is 32.0 Å². The largest absolute Gasteiger partial charge is 0.349 e. The Morgan fingerprint density at radius 3 is 2.32 bits per heavy atom. The van der Waals surface area contributed by atoms with E-state index < -0.39 is 15.9 Å². The summed E-state index contributed by atoms with van der Waals surface area (Å²) in [6, 6.07) is 6.35. The van der Waals surface area contributed by atoms with Crippen LogP contribution >= 0.6 is 0 Å². The Morgan fingerprint density at radius 1 is 1.14 bits per heavy atom. The van der Waals surface area contributed by atoms with Gasteiger partial charge in [0.1, 0.15) is 0 Å². The Balaban J connectivity index is 1.75. The van der Waals surface area contributed by atoms with E-state index >= 15 is 0 Å². The third-order valence-electron chi connectivity index (χ3n) is 4.13. The molecule has 7 heteroatoms. The summed E-state index contributed by atoms with van der Waals surface area (Å²) in [4.78, 5) is 23.8. The lowest BCUT2D eigenvalue weighted by atomic mass is 10.1. The number of nitrogens with zero attached hydrogens (tertiary/aromatic N) is 1. The molecule has 3 rings (SSSR count). The van der Waals surface area contributed by atoms with Crippen molar-refractivity contribution < 1.29 is 18.0 Å². The van der Waals surface area contributed by atoms with Crippen LogP contribution in [-0.2, 0) is 14.8 Å². The van der Waals surface area contributed by atoms with Gasteiger partial charge in [-0.25, -0.2) is 12.7 Å². The Morgan fingerprint density at radius 2 is 1.77 bits per heavy atom. The second-order valence-corrected chi connectivity index (χ2v) is 7.66. The molecule has 1 saturated carbocycles. The zero-order valence-electron chi connectivity index (χ0n) is 12.1. The van der Waals surface area contributed by atoms with Gasteiger partial charge in [-0.15, -0.1) is 0 Å². The van der Waals surface area contributed by atoms with E-state index in [1.165, 1.54) is 12.1 Å². The Labute approximate surface area is 129 Å². The minimum Gasteiger partial charge on any atom is -0.349 e. The monoisotopic (exact) mass is 322 g/mol. The molecule has 118 valence electrons. The third kappa shape index (κ3) is 2.85. The van der Waals surface area contributed by atoms with Crippen molar-refractivity contribution in [2.45, 2.75) is 38.1 Å². The number of carbonyl (C=O) groups excluding carboxylic acids is 2.